The highest BCUT2D eigenvalue weighted by molar-refractivity contribution is 5.90. The van der Waals surface area contributed by atoms with Crippen LogP contribution < -0.4 is 15.8 Å². The number of hydrogen-bond acceptors (Lipinski definition) is 7. The zero-order chi connectivity index (χ0) is 19.4. The van der Waals surface area contributed by atoms with Gasteiger partial charge in [-0.3, -0.25) is 9.69 Å². The van der Waals surface area contributed by atoms with E-state index in [2.05, 4.69) is 34.0 Å². The molecule has 2 aliphatic heterocycles. The number of hydrogen-bond donors (Lipinski definition) is 2. The summed E-state index contributed by atoms with van der Waals surface area (Å²) in [5, 5.41) is 3.38. The molecule has 2 fully saturated rings. The van der Waals surface area contributed by atoms with E-state index in [4.69, 9.17) is 10.5 Å². The molecular formula is C18H28N6O3. The van der Waals surface area contributed by atoms with E-state index in [1.807, 2.05) is 4.90 Å². The summed E-state index contributed by atoms with van der Waals surface area (Å²) in [5.74, 6) is -0.153. The molecule has 2 aliphatic rings. The Bertz CT molecular complexity index is 660. The zero-order valence-corrected chi connectivity index (χ0v) is 15.9. The number of piperidine rings is 1. The Labute approximate surface area is 159 Å². The molecule has 1 aromatic heterocycles. The Morgan fingerprint density at radius 2 is 1.96 bits per heavy atom. The number of rotatable bonds is 4. The second kappa shape index (κ2) is 8.62. The van der Waals surface area contributed by atoms with E-state index in [-0.39, 0.29) is 17.6 Å². The van der Waals surface area contributed by atoms with Gasteiger partial charge in [-0.05, 0) is 45.7 Å². The number of piperazine rings is 1. The van der Waals surface area contributed by atoms with Crippen LogP contribution in [0, 0.1) is 5.92 Å². The Morgan fingerprint density at radius 3 is 2.56 bits per heavy atom. The lowest BCUT2D eigenvalue weighted by Gasteiger charge is -2.46. The monoisotopic (exact) mass is 376 g/mol. The number of ether oxygens (including phenoxy) is 1. The minimum absolute atomic E-state index is 0.0351. The molecular weight excluding hydrogens is 348 g/mol. The lowest BCUT2D eigenvalue weighted by molar-refractivity contribution is 0.0268. The van der Waals surface area contributed by atoms with Gasteiger partial charge in [0.1, 0.15) is 5.69 Å². The second-order valence-corrected chi connectivity index (χ2v) is 7.41. The van der Waals surface area contributed by atoms with Gasteiger partial charge in [0, 0.05) is 25.7 Å². The number of nitrogens with zero attached hydrogens (tertiary/aromatic N) is 4. The molecule has 3 rings (SSSR count). The molecule has 2 amide bonds. The summed E-state index contributed by atoms with van der Waals surface area (Å²) in [6, 6.07) is 0.563. The van der Waals surface area contributed by atoms with Gasteiger partial charge in [0.05, 0.1) is 18.4 Å². The molecule has 3 heterocycles. The number of carbonyl (C=O) groups excluding carboxylic acids is 2. The minimum Gasteiger partial charge on any atom is -0.389 e. The van der Waals surface area contributed by atoms with E-state index in [0.717, 1.165) is 39.0 Å². The van der Waals surface area contributed by atoms with Gasteiger partial charge >= 0.3 is 6.09 Å². The molecule has 3 N–H and O–H groups in total. The number of aromatic nitrogens is 2. The SMILES string of the molecule is CC(C)N1CCN(C(=O)Oc2cnc(C(N)=O)cn2)C(C2CCNCC2)C1. The fraction of sp³-hybridized carbons (Fsp3) is 0.667. The number of carbonyl (C=O) groups is 2. The van der Waals surface area contributed by atoms with Crippen LogP contribution in [0.15, 0.2) is 12.4 Å². The molecule has 27 heavy (non-hydrogen) atoms. The molecule has 0 aromatic carbocycles. The molecule has 9 heteroatoms. The van der Waals surface area contributed by atoms with Crippen LogP contribution >= 0.6 is 0 Å². The third-order valence-corrected chi connectivity index (χ3v) is 5.42. The van der Waals surface area contributed by atoms with Crippen LogP contribution in [-0.4, -0.2) is 76.6 Å². The van der Waals surface area contributed by atoms with Crippen molar-refractivity contribution >= 4 is 12.0 Å². The standard InChI is InChI=1S/C18H28N6O3/c1-12(2)23-7-8-24(15(11-23)13-3-5-20-6-4-13)18(26)27-16-10-21-14(9-22-16)17(19)25/h9-10,12-13,15,20H,3-8,11H2,1-2H3,(H2,19,25). The van der Waals surface area contributed by atoms with Gasteiger partial charge in [-0.1, -0.05) is 0 Å². The fourth-order valence-corrected chi connectivity index (χ4v) is 3.80. The topological polar surface area (TPSA) is 114 Å². The van der Waals surface area contributed by atoms with Crippen LogP contribution in [0.25, 0.3) is 0 Å². The van der Waals surface area contributed by atoms with E-state index in [9.17, 15) is 9.59 Å². The Hall–Kier alpha value is -2.26. The lowest BCUT2D eigenvalue weighted by atomic mass is 9.87. The van der Waals surface area contributed by atoms with Crippen LogP contribution in [-0.2, 0) is 0 Å². The van der Waals surface area contributed by atoms with Crippen LogP contribution in [0.5, 0.6) is 5.88 Å². The Morgan fingerprint density at radius 1 is 1.22 bits per heavy atom. The van der Waals surface area contributed by atoms with E-state index in [0.29, 0.717) is 18.5 Å². The first-order valence-corrected chi connectivity index (χ1v) is 9.50. The third kappa shape index (κ3) is 4.72. The molecule has 2 saturated heterocycles. The molecule has 0 radical (unpaired) electrons. The first kappa shape index (κ1) is 19.5. The van der Waals surface area contributed by atoms with Crippen molar-refractivity contribution in [1.82, 2.24) is 25.1 Å². The maximum absolute atomic E-state index is 12.8. The van der Waals surface area contributed by atoms with E-state index < -0.39 is 12.0 Å². The minimum atomic E-state index is -0.670. The molecule has 0 spiro atoms. The zero-order valence-electron chi connectivity index (χ0n) is 15.9. The van der Waals surface area contributed by atoms with E-state index >= 15 is 0 Å². The molecule has 148 valence electrons. The third-order valence-electron chi connectivity index (χ3n) is 5.42. The largest absolute Gasteiger partial charge is 0.416 e. The normalized spacial score (nSPS) is 22.0. The fourth-order valence-electron chi connectivity index (χ4n) is 3.80. The van der Waals surface area contributed by atoms with Gasteiger partial charge in [0.2, 0.25) is 5.88 Å². The van der Waals surface area contributed by atoms with Crippen LogP contribution in [0.2, 0.25) is 0 Å². The molecule has 1 atom stereocenters. The maximum Gasteiger partial charge on any atom is 0.416 e. The first-order chi connectivity index (χ1) is 13.0. The lowest BCUT2D eigenvalue weighted by Crippen LogP contribution is -2.60. The smallest absolute Gasteiger partial charge is 0.389 e. The van der Waals surface area contributed by atoms with Crippen molar-refractivity contribution in [3.8, 4) is 5.88 Å². The number of primary amides is 1. The van der Waals surface area contributed by atoms with Gasteiger partial charge in [-0.2, -0.15) is 0 Å². The van der Waals surface area contributed by atoms with Crippen molar-refractivity contribution in [1.29, 1.82) is 0 Å². The van der Waals surface area contributed by atoms with Gasteiger partial charge in [0.15, 0.2) is 0 Å². The summed E-state index contributed by atoms with van der Waals surface area (Å²) < 4.78 is 5.43. The highest BCUT2D eigenvalue weighted by Gasteiger charge is 2.37. The van der Waals surface area contributed by atoms with Crippen LogP contribution in [0.4, 0.5) is 4.79 Å². The second-order valence-electron chi connectivity index (χ2n) is 7.41. The van der Waals surface area contributed by atoms with Gasteiger partial charge < -0.3 is 20.7 Å². The van der Waals surface area contributed by atoms with Crippen molar-refractivity contribution in [3.63, 3.8) is 0 Å². The number of nitrogens with one attached hydrogen (secondary N) is 1. The summed E-state index contributed by atoms with van der Waals surface area (Å²) in [5.41, 5.74) is 5.19. The predicted octanol–water partition coefficient (Wildman–Crippen LogP) is 0.469. The molecule has 0 aliphatic carbocycles. The summed E-state index contributed by atoms with van der Waals surface area (Å²) in [6.45, 7) is 8.62. The van der Waals surface area contributed by atoms with Gasteiger partial charge in [-0.25, -0.2) is 14.8 Å². The van der Waals surface area contributed by atoms with Crippen molar-refractivity contribution in [2.75, 3.05) is 32.7 Å². The molecule has 1 aromatic rings. The molecule has 1 unspecified atom stereocenters. The number of amides is 2. The van der Waals surface area contributed by atoms with Crippen molar-refractivity contribution in [2.24, 2.45) is 11.7 Å². The Balaban J connectivity index is 1.71. The van der Waals surface area contributed by atoms with Crippen molar-refractivity contribution in [2.45, 2.75) is 38.8 Å². The molecule has 0 saturated carbocycles. The summed E-state index contributed by atoms with van der Waals surface area (Å²) >= 11 is 0. The molecule has 0 bridgehead atoms. The van der Waals surface area contributed by atoms with Gasteiger partial charge in [0.25, 0.3) is 5.91 Å². The van der Waals surface area contributed by atoms with Gasteiger partial charge in [-0.15, -0.1) is 0 Å². The predicted molar refractivity (Wildman–Crippen MR) is 99.4 cm³/mol. The van der Waals surface area contributed by atoms with E-state index in [1.54, 1.807) is 0 Å². The highest BCUT2D eigenvalue weighted by Crippen LogP contribution is 2.26. The Kier molecular flexibility index (Phi) is 6.22. The quantitative estimate of drug-likeness (QED) is 0.785. The molecule has 9 nitrogen and oxygen atoms in total. The summed E-state index contributed by atoms with van der Waals surface area (Å²) in [7, 11) is 0. The maximum atomic E-state index is 12.8. The first-order valence-electron chi connectivity index (χ1n) is 9.50. The average molecular weight is 376 g/mol. The summed E-state index contributed by atoms with van der Waals surface area (Å²) in [6.07, 6.45) is 4.15. The van der Waals surface area contributed by atoms with Crippen molar-refractivity contribution in [3.05, 3.63) is 18.1 Å². The number of nitrogens with two attached hydrogens (primary N) is 1. The van der Waals surface area contributed by atoms with Crippen molar-refractivity contribution < 1.29 is 14.3 Å². The van der Waals surface area contributed by atoms with Crippen LogP contribution in [0.1, 0.15) is 37.2 Å². The summed E-state index contributed by atoms with van der Waals surface area (Å²) in [4.78, 5) is 36.0. The average Bonchev–Trinajstić information content (AvgIpc) is 2.68. The van der Waals surface area contributed by atoms with E-state index in [1.165, 1.54) is 12.4 Å². The van der Waals surface area contributed by atoms with Crippen LogP contribution in [0.3, 0.4) is 0 Å². The highest BCUT2D eigenvalue weighted by atomic mass is 16.6.